The van der Waals surface area contributed by atoms with Gasteiger partial charge in [0.05, 0.1) is 5.56 Å². The molecule has 14 heavy (non-hydrogen) atoms. The number of hydrogen-bond acceptors (Lipinski definition) is 3. The molecule has 0 unspecified atom stereocenters. The molecule has 1 rings (SSSR count). The van der Waals surface area contributed by atoms with Crippen LogP contribution in [0.1, 0.15) is 22.5 Å². The maximum atomic E-state index is 11.4. The number of nitrogens with one attached hydrogen (secondary N) is 1. The molecule has 0 aliphatic carbocycles. The first-order valence-electron chi connectivity index (χ1n) is 4.65. The molecular weight excluding hydrogens is 178 g/mol. The minimum absolute atomic E-state index is 0.0917. The van der Waals surface area contributed by atoms with Gasteiger partial charge in [0, 0.05) is 18.4 Å². The molecule has 0 bridgehead atoms. The number of carbonyl (C=O) groups is 1. The van der Waals surface area contributed by atoms with Gasteiger partial charge in [0.1, 0.15) is 0 Å². The van der Waals surface area contributed by atoms with Gasteiger partial charge < -0.3 is 11.1 Å². The number of hydrogen-bond donors (Lipinski definition) is 2. The zero-order valence-electron chi connectivity index (χ0n) is 8.29. The molecular formula is C10H15N3O. The highest BCUT2D eigenvalue weighted by molar-refractivity contribution is 5.93. The van der Waals surface area contributed by atoms with E-state index >= 15 is 0 Å². The third kappa shape index (κ3) is 3.14. The van der Waals surface area contributed by atoms with Crippen LogP contribution >= 0.6 is 0 Å². The Hall–Kier alpha value is -1.42. The van der Waals surface area contributed by atoms with Crippen molar-refractivity contribution >= 4 is 5.91 Å². The molecule has 0 spiro atoms. The van der Waals surface area contributed by atoms with E-state index in [0.717, 1.165) is 12.1 Å². The number of amides is 1. The molecule has 1 amide bonds. The van der Waals surface area contributed by atoms with E-state index in [-0.39, 0.29) is 5.91 Å². The van der Waals surface area contributed by atoms with Crippen molar-refractivity contribution in [1.29, 1.82) is 0 Å². The average molecular weight is 193 g/mol. The van der Waals surface area contributed by atoms with Crippen molar-refractivity contribution in [3.8, 4) is 0 Å². The van der Waals surface area contributed by atoms with Crippen LogP contribution in [0.3, 0.4) is 0 Å². The van der Waals surface area contributed by atoms with Crippen molar-refractivity contribution < 1.29 is 4.79 Å². The van der Waals surface area contributed by atoms with E-state index in [1.807, 2.05) is 13.0 Å². The predicted molar refractivity (Wildman–Crippen MR) is 55.0 cm³/mol. The highest BCUT2D eigenvalue weighted by Crippen LogP contribution is 1.98. The summed E-state index contributed by atoms with van der Waals surface area (Å²) in [7, 11) is 0. The molecule has 0 saturated carbocycles. The average Bonchev–Trinajstić information content (AvgIpc) is 2.19. The van der Waals surface area contributed by atoms with Crippen LogP contribution in [0.15, 0.2) is 18.3 Å². The third-order valence-electron chi connectivity index (χ3n) is 1.84. The lowest BCUT2D eigenvalue weighted by molar-refractivity contribution is 0.0953. The Morgan fingerprint density at radius 3 is 2.93 bits per heavy atom. The summed E-state index contributed by atoms with van der Waals surface area (Å²) in [5.41, 5.74) is 6.81. The van der Waals surface area contributed by atoms with Gasteiger partial charge in [0.25, 0.3) is 5.91 Å². The van der Waals surface area contributed by atoms with Crippen molar-refractivity contribution in [2.24, 2.45) is 5.73 Å². The molecule has 0 fully saturated rings. The number of carbonyl (C=O) groups excluding carboxylic acids is 1. The summed E-state index contributed by atoms with van der Waals surface area (Å²) in [4.78, 5) is 15.5. The molecule has 0 aliphatic rings. The largest absolute Gasteiger partial charge is 0.352 e. The first kappa shape index (κ1) is 10.7. The minimum atomic E-state index is -0.0917. The molecule has 1 heterocycles. The van der Waals surface area contributed by atoms with Crippen LogP contribution in [0.25, 0.3) is 0 Å². The Bertz CT molecular complexity index is 295. The van der Waals surface area contributed by atoms with Crippen LogP contribution in [-0.2, 0) is 0 Å². The van der Waals surface area contributed by atoms with Gasteiger partial charge in [-0.3, -0.25) is 9.78 Å². The zero-order valence-corrected chi connectivity index (χ0v) is 8.29. The van der Waals surface area contributed by atoms with E-state index < -0.39 is 0 Å². The second kappa shape index (κ2) is 5.34. The number of nitrogens with zero attached hydrogens (tertiary/aromatic N) is 1. The summed E-state index contributed by atoms with van der Waals surface area (Å²) in [6.07, 6.45) is 2.37. The summed E-state index contributed by atoms with van der Waals surface area (Å²) in [5.74, 6) is -0.0917. The van der Waals surface area contributed by atoms with E-state index in [1.54, 1.807) is 12.3 Å². The molecule has 0 saturated heterocycles. The van der Waals surface area contributed by atoms with Crippen molar-refractivity contribution in [1.82, 2.24) is 10.3 Å². The summed E-state index contributed by atoms with van der Waals surface area (Å²) in [5, 5.41) is 2.76. The van der Waals surface area contributed by atoms with Crippen LogP contribution < -0.4 is 11.1 Å². The van der Waals surface area contributed by atoms with Crippen LogP contribution in [0.2, 0.25) is 0 Å². The number of rotatable bonds is 4. The van der Waals surface area contributed by atoms with E-state index in [2.05, 4.69) is 10.3 Å². The summed E-state index contributed by atoms with van der Waals surface area (Å²) in [6, 6.07) is 3.58. The van der Waals surface area contributed by atoms with Gasteiger partial charge in [-0.2, -0.15) is 0 Å². The third-order valence-corrected chi connectivity index (χ3v) is 1.84. The van der Waals surface area contributed by atoms with Gasteiger partial charge in [-0.15, -0.1) is 0 Å². The van der Waals surface area contributed by atoms with Crippen molar-refractivity contribution in [2.75, 3.05) is 13.1 Å². The second-order valence-corrected chi connectivity index (χ2v) is 3.09. The first-order chi connectivity index (χ1) is 6.74. The molecule has 76 valence electrons. The fourth-order valence-electron chi connectivity index (χ4n) is 1.01. The Labute approximate surface area is 83.5 Å². The molecule has 1 aromatic rings. The van der Waals surface area contributed by atoms with Crippen LogP contribution in [0.4, 0.5) is 0 Å². The van der Waals surface area contributed by atoms with Gasteiger partial charge in [-0.25, -0.2) is 0 Å². The van der Waals surface area contributed by atoms with Gasteiger partial charge in [-0.1, -0.05) is 0 Å². The highest BCUT2D eigenvalue weighted by atomic mass is 16.1. The van der Waals surface area contributed by atoms with Crippen LogP contribution in [-0.4, -0.2) is 24.0 Å². The Morgan fingerprint density at radius 2 is 2.36 bits per heavy atom. The normalized spacial score (nSPS) is 9.86. The van der Waals surface area contributed by atoms with E-state index in [1.165, 1.54) is 0 Å². The molecule has 1 aromatic heterocycles. The minimum Gasteiger partial charge on any atom is -0.352 e. The summed E-state index contributed by atoms with van der Waals surface area (Å²) >= 11 is 0. The number of nitrogens with two attached hydrogens (primary N) is 1. The quantitative estimate of drug-likeness (QED) is 0.683. The maximum absolute atomic E-state index is 11.4. The smallest absolute Gasteiger partial charge is 0.252 e. The van der Waals surface area contributed by atoms with Crippen LogP contribution in [0.5, 0.6) is 0 Å². The van der Waals surface area contributed by atoms with Crippen molar-refractivity contribution in [3.63, 3.8) is 0 Å². The lowest BCUT2D eigenvalue weighted by Crippen LogP contribution is -2.26. The SMILES string of the molecule is Cc1ccc(C(=O)NCCCN)cn1. The first-order valence-corrected chi connectivity index (χ1v) is 4.65. The highest BCUT2D eigenvalue weighted by Gasteiger charge is 2.03. The number of aromatic nitrogens is 1. The van der Waals surface area contributed by atoms with E-state index in [9.17, 15) is 4.79 Å². The van der Waals surface area contributed by atoms with E-state index in [0.29, 0.717) is 18.7 Å². The molecule has 0 aliphatic heterocycles. The molecule has 3 N–H and O–H groups in total. The monoisotopic (exact) mass is 193 g/mol. The van der Waals surface area contributed by atoms with E-state index in [4.69, 9.17) is 5.73 Å². The van der Waals surface area contributed by atoms with Crippen LogP contribution in [0, 0.1) is 6.92 Å². The lowest BCUT2D eigenvalue weighted by Gasteiger charge is -2.03. The number of pyridine rings is 1. The fraction of sp³-hybridized carbons (Fsp3) is 0.400. The lowest BCUT2D eigenvalue weighted by atomic mass is 10.2. The van der Waals surface area contributed by atoms with Gasteiger partial charge in [0.2, 0.25) is 0 Å². The van der Waals surface area contributed by atoms with Gasteiger partial charge in [0.15, 0.2) is 0 Å². The van der Waals surface area contributed by atoms with Gasteiger partial charge >= 0.3 is 0 Å². The molecule has 0 atom stereocenters. The maximum Gasteiger partial charge on any atom is 0.252 e. The Kier molecular flexibility index (Phi) is 4.07. The molecule has 4 nitrogen and oxygen atoms in total. The summed E-state index contributed by atoms with van der Waals surface area (Å²) in [6.45, 7) is 3.09. The Balaban J connectivity index is 2.48. The number of aryl methyl sites for hydroxylation is 1. The molecule has 0 aromatic carbocycles. The molecule has 4 heteroatoms. The Morgan fingerprint density at radius 1 is 1.57 bits per heavy atom. The predicted octanol–water partition coefficient (Wildman–Crippen LogP) is 0.469. The zero-order chi connectivity index (χ0) is 10.4. The standard InChI is InChI=1S/C10H15N3O/c1-8-3-4-9(7-13-8)10(14)12-6-2-5-11/h3-4,7H,2,5-6,11H2,1H3,(H,12,14). The van der Waals surface area contributed by atoms with Crippen molar-refractivity contribution in [3.05, 3.63) is 29.6 Å². The second-order valence-electron chi connectivity index (χ2n) is 3.09. The molecule has 0 radical (unpaired) electrons. The topological polar surface area (TPSA) is 68.0 Å². The van der Waals surface area contributed by atoms with Gasteiger partial charge in [-0.05, 0) is 32.0 Å². The summed E-state index contributed by atoms with van der Waals surface area (Å²) < 4.78 is 0. The van der Waals surface area contributed by atoms with Crippen molar-refractivity contribution in [2.45, 2.75) is 13.3 Å². The fourth-order valence-corrected chi connectivity index (χ4v) is 1.01.